The van der Waals surface area contributed by atoms with E-state index in [1.807, 2.05) is 7.05 Å². The van der Waals surface area contributed by atoms with Crippen molar-refractivity contribution in [3.05, 3.63) is 30.1 Å². The average Bonchev–Trinajstić information content (AvgIpc) is 2.95. The molecule has 1 aromatic carbocycles. The predicted molar refractivity (Wildman–Crippen MR) is 94.0 cm³/mol. The van der Waals surface area contributed by atoms with Crippen LogP contribution in [0.4, 0.5) is 14.9 Å². The van der Waals surface area contributed by atoms with Crippen LogP contribution in [0.3, 0.4) is 0 Å². The van der Waals surface area contributed by atoms with Crippen LogP contribution in [0, 0.1) is 5.82 Å². The SMILES string of the molecule is CN1CCC(N(C)C(=O)N[C@H]2CC(=O)N(c3cccc(F)c3)C2)CC1. The molecule has 25 heavy (non-hydrogen) atoms. The van der Waals surface area contributed by atoms with Gasteiger partial charge in [-0.15, -0.1) is 0 Å². The molecule has 2 aliphatic heterocycles. The number of urea groups is 1. The van der Waals surface area contributed by atoms with Gasteiger partial charge in [0.25, 0.3) is 0 Å². The Morgan fingerprint density at radius 1 is 1.32 bits per heavy atom. The minimum absolute atomic E-state index is 0.0992. The van der Waals surface area contributed by atoms with E-state index in [1.165, 1.54) is 17.0 Å². The average molecular weight is 348 g/mol. The van der Waals surface area contributed by atoms with Crippen LogP contribution in [0.1, 0.15) is 19.3 Å². The van der Waals surface area contributed by atoms with Gasteiger partial charge in [0.15, 0.2) is 0 Å². The molecule has 2 saturated heterocycles. The van der Waals surface area contributed by atoms with E-state index >= 15 is 0 Å². The monoisotopic (exact) mass is 348 g/mol. The zero-order valence-electron chi connectivity index (χ0n) is 14.7. The molecule has 3 amide bonds. The summed E-state index contributed by atoms with van der Waals surface area (Å²) in [6.45, 7) is 2.34. The van der Waals surface area contributed by atoms with Crippen LogP contribution >= 0.6 is 0 Å². The number of anilines is 1. The first-order valence-electron chi connectivity index (χ1n) is 8.72. The van der Waals surface area contributed by atoms with Gasteiger partial charge in [0, 0.05) is 31.7 Å². The van der Waals surface area contributed by atoms with Crippen molar-refractivity contribution in [2.75, 3.05) is 38.6 Å². The van der Waals surface area contributed by atoms with Crippen molar-refractivity contribution in [1.82, 2.24) is 15.1 Å². The molecule has 6 nitrogen and oxygen atoms in total. The van der Waals surface area contributed by atoms with Crippen molar-refractivity contribution in [3.63, 3.8) is 0 Å². The number of nitrogens with zero attached hydrogens (tertiary/aromatic N) is 3. The van der Waals surface area contributed by atoms with Gasteiger partial charge in [-0.2, -0.15) is 0 Å². The van der Waals surface area contributed by atoms with E-state index in [-0.39, 0.29) is 36.3 Å². The maximum absolute atomic E-state index is 13.4. The highest BCUT2D eigenvalue weighted by atomic mass is 19.1. The topological polar surface area (TPSA) is 55.9 Å². The molecule has 2 fully saturated rings. The van der Waals surface area contributed by atoms with Gasteiger partial charge < -0.3 is 20.0 Å². The molecule has 0 aromatic heterocycles. The van der Waals surface area contributed by atoms with E-state index in [0.29, 0.717) is 12.2 Å². The highest BCUT2D eigenvalue weighted by molar-refractivity contribution is 5.96. The molecule has 1 atom stereocenters. The third-order valence-corrected chi connectivity index (χ3v) is 5.13. The first-order chi connectivity index (χ1) is 11.9. The molecule has 136 valence electrons. The highest BCUT2D eigenvalue weighted by Crippen LogP contribution is 2.22. The largest absolute Gasteiger partial charge is 0.333 e. The summed E-state index contributed by atoms with van der Waals surface area (Å²) >= 11 is 0. The fourth-order valence-electron chi connectivity index (χ4n) is 3.52. The normalized spacial score (nSPS) is 22.3. The van der Waals surface area contributed by atoms with Gasteiger partial charge in [-0.3, -0.25) is 4.79 Å². The van der Waals surface area contributed by atoms with Gasteiger partial charge in [0.2, 0.25) is 5.91 Å². The molecule has 0 spiro atoms. The highest BCUT2D eigenvalue weighted by Gasteiger charge is 2.33. The van der Waals surface area contributed by atoms with Crippen molar-refractivity contribution in [1.29, 1.82) is 0 Å². The Morgan fingerprint density at radius 2 is 2.04 bits per heavy atom. The first kappa shape index (κ1) is 17.7. The molecular weight excluding hydrogens is 323 g/mol. The number of hydrogen-bond donors (Lipinski definition) is 1. The summed E-state index contributed by atoms with van der Waals surface area (Å²) in [4.78, 5) is 30.3. The summed E-state index contributed by atoms with van der Waals surface area (Å²) in [5, 5.41) is 2.95. The van der Waals surface area contributed by atoms with Crippen LogP contribution < -0.4 is 10.2 Å². The van der Waals surface area contributed by atoms with Gasteiger partial charge in [0.1, 0.15) is 5.82 Å². The summed E-state index contributed by atoms with van der Waals surface area (Å²) in [5.74, 6) is -0.474. The van der Waals surface area contributed by atoms with Crippen molar-refractivity contribution >= 4 is 17.6 Å². The van der Waals surface area contributed by atoms with E-state index in [1.54, 1.807) is 17.0 Å². The van der Waals surface area contributed by atoms with Crippen molar-refractivity contribution in [2.45, 2.75) is 31.3 Å². The van der Waals surface area contributed by atoms with Crippen molar-refractivity contribution < 1.29 is 14.0 Å². The molecule has 0 bridgehead atoms. The van der Waals surface area contributed by atoms with Gasteiger partial charge >= 0.3 is 6.03 Å². The number of rotatable bonds is 3. The lowest BCUT2D eigenvalue weighted by molar-refractivity contribution is -0.117. The molecule has 3 rings (SSSR count). The number of amides is 3. The number of carbonyl (C=O) groups excluding carboxylic acids is 2. The van der Waals surface area contributed by atoms with E-state index < -0.39 is 0 Å². The number of halogens is 1. The van der Waals surface area contributed by atoms with E-state index in [2.05, 4.69) is 17.3 Å². The lowest BCUT2D eigenvalue weighted by atomic mass is 10.0. The van der Waals surface area contributed by atoms with E-state index in [9.17, 15) is 14.0 Å². The van der Waals surface area contributed by atoms with E-state index in [4.69, 9.17) is 0 Å². The lowest BCUT2D eigenvalue weighted by Crippen LogP contribution is -2.50. The zero-order valence-corrected chi connectivity index (χ0v) is 14.7. The number of likely N-dealkylation sites (tertiary alicyclic amines) is 1. The standard InChI is InChI=1S/C18H25FN4O2/c1-21-8-6-15(7-9-21)22(2)18(25)20-14-11-17(24)23(12-14)16-5-3-4-13(19)10-16/h3-5,10,14-15H,6-9,11-12H2,1-2H3,(H,20,25)/t14-/m0/s1. The summed E-state index contributed by atoms with van der Waals surface area (Å²) < 4.78 is 13.4. The second kappa shape index (κ2) is 7.39. The molecule has 0 unspecified atom stereocenters. The minimum atomic E-state index is -0.375. The molecule has 0 saturated carbocycles. The third kappa shape index (κ3) is 4.10. The summed E-state index contributed by atoms with van der Waals surface area (Å²) in [7, 11) is 3.90. The van der Waals surface area contributed by atoms with Crippen LogP contribution in [-0.2, 0) is 4.79 Å². The molecule has 1 aromatic rings. The molecule has 2 heterocycles. The van der Waals surface area contributed by atoms with Gasteiger partial charge in [-0.1, -0.05) is 6.07 Å². The van der Waals surface area contributed by atoms with Gasteiger partial charge in [0.05, 0.1) is 6.04 Å². The van der Waals surface area contributed by atoms with Crippen molar-refractivity contribution in [2.24, 2.45) is 0 Å². The fraction of sp³-hybridized carbons (Fsp3) is 0.556. The minimum Gasteiger partial charge on any atom is -0.333 e. The number of hydrogen-bond acceptors (Lipinski definition) is 3. The Bertz CT molecular complexity index is 646. The number of benzene rings is 1. The second-order valence-electron chi connectivity index (χ2n) is 6.98. The Balaban J connectivity index is 1.56. The molecule has 0 radical (unpaired) electrons. The fourth-order valence-corrected chi connectivity index (χ4v) is 3.52. The Morgan fingerprint density at radius 3 is 2.72 bits per heavy atom. The summed E-state index contributed by atoms with van der Waals surface area (Å²) in [5.41, 5.74) is 0.533. The number of piperidine rings is 1. The third-order valence-electron chi connectivity index (χ3n) is 5.13. The molecule has 0 aliphatic carbocycles. The number of carbonyl (C=O) groups is 2. The number of nitrogens with one attached hydrogen (secondary N) is 1. The van der Waals surface area contributed by atoms with Crippen LogP contribution in [0.25, 0.3) is 0 Å². The van der Waals surface area contributed by atoms with E-state index in [0.717, 1.165) is 25.9 Å². The quantitative estimate of drug-likeness (QED) is 0.904. The predicted octanol–water partition coefficient (Wildman–Crippen LogP) is 1.67. The zero-order chi connectivity index (χ0) is 18.0. The van der Waals surface area contributed by atoms with Gasteiger partial charge in [-0.25, -0.2) is 9.18 Å². The van der Waals surface area contributed by atoms with Crippen LogP contribution in [0.2, 0.25) is 0 Å². The molecule has 2 aliphatic rings. The second-order valence-corrected chi connectivity index (χ2v) is 6.98. The van der Waals surface area contributed by atoms with Gasteiger partial charge in [-0.05, 0) is 51.2 Å². The molecule has 1 N–H and O–H groups in total. The smallest absolute Gasteiger partial charge is 0.317 e. The Labute approximate surface area is 147 Å². The van der Waals surface area contributed by atoms with Crippen LogP contribution in [-0.4, -0.2) is 67.6 Å². The Kier molecular flexibility index (Phi) is 5.22. The van der Waals surface area contributed by atoms with Crippen molar-refractivity contribution in [3.8, 4) is 0 Å². The summed E-state index contributed by atoms with van der Waals surface area (Å²) in [6.07, 6.45) is 2.16. The van der Waals surface area contributed by atoms with Crippen LogP contribution in [0.5, 0.6) is 0 Å². The Hall–Kier alpha value is -2.15. The lowest BCUT2D eigenvalue weighted by Gasteiger charge is -2.35. The molecular formula is C18H25FN4O2. The maximum Gasteiger partial charge on any atom is 0.317 e. The summed E-state index contributed by atoms with van der Waals surface area (Å²) in [6, 6.07) is 5.80. The molecule has 7 heteroatoms. The maximum atomic E-state index is 13.4. The first-order valence-corrected chi connectivity index (χ1v) is 8.72. The van der Waals surface area contributed by atoms with Crippen LogP contribution in [0.15, 0.2) is 24.3 Å².